The summed E-state index contributed by atoms with van der Waals surface area (Å²) in [7, 11) is 3.58. The van der Waals surface area contributed by atoms with E-state index in [4.69, 9.17) is 21.4 Å². The third kappa shape index (κ3) is 7.65. The highest BCUT2D eigenvalue weighted by atomic mass is 35.5. The van der Waals surface area contributed by atoms with Crippen LogP contribution in [0.25, 0.3) is 10.8 Å². The highest BCUT2D eigenvalue weighted by molar-refractivity contribution is 6.30. The van der Waals surface area contributed by atoms with Crippen molar-refractivity contribution in [3.05, 3.63) is 75.2 Å². The molecule has 0 aliphatic carbocycles. The van der Waals surface area contributed by atoms with Gasteiger partial charge in [-0.15, -0.1) is 0 Å². The first-order chi connectivity index (χ1) is 16.5. The predicted octanol–water partition coefficient (Wildman–Crippen LogP) is 3.51. The Hall–Kier alpha value is -2.74. The van der Waals surface area contributed by atoms with Gasteiger partial charge in [-0.05, 0) is 56.6 Å². The number of aromatic nitrogens is 2. The van der Waals surface area contributed by atoms with Gasteiger partial charge in [0.25, 0.3) is 5.56 Å². The topological polar surface area (TPSA) is 76.5 Å². The minimum atomic E-state index is -0.0701. The van der Waals surface area contributed by atoms with Crippen LogP contribution >= 0.6 is 11.6 Å². The van der Waals surface area contributed by atoms with Crippen LogP contribution in [0.4, 0.5) is 0 Å². The van der Waals surface area contributed by atoms with Crippen molar-refractivity contribution in [3.8, 4) is 0 Å². The molecule has 0 spiro atoms. The number of fused-ring (bicyclic) bond motifs is 1. The van der Waals surface area contributed by atoms with Crippen molar-refractivity contribution in [2.75, 3.05) is 40.4 Å². The Morgan fingerprint density at radius 2 is 1.82 bits per heavy atom. The fourth-order valence-electron chi connectivity index (χ4n) is 3.85. The minimum absolute atomic E-state index is 0.0119. The van der Waals surface area contributed by atoms with Crippen molar-refractivity contribution in [1.29, 1.82) is 0 Å². The van der Waals surface area contributed by atoms with Crippen molar-refractivity contribution < 1.29 is 9.53 Å². The van der Waals surface area contributed by atoms with E-state index >= 15 is 0 Å². The number of aryl methyl sites for hydroxylation is 1. The third-order valence-corrected chi connectivity index (χ3v) is 5.90. The van der Waals surface area contributed by atoms with Gasteiger partial charge in [0.2, 0.25) is 5.91 Å². The van der Waals surface area contributed by atoms with E-state index in [0.29, 0.717) is 43.1 Å². The highest BCUT2D eigenvalue weighted by Crippen LogP contribution is 2.18. The third-order valence-electron chi connectivity index (χ3n) is 5.65. The Balaban J connectivity index is 1.58. The van der Waals surface area contributed by atoms with Crippen molar-refractivity contribution in [2.24, 2.45) is 0 Å². The first-order valence-corrected chi connectivity index (χ1v) is 12.0. The van der Waals surface area contributed by atoms with E-state index in [0.717, 1.165) is 42.5 Å². The zero-order chi connectivity index (χ0) is 24.3. The monoisotopic (exact) mass is 484 g/mol. The number of ether oxygens (including phenoxy) is 1. The van der Waals surface area contributed by atoms with Crippen molar-refractivity contribution in [3.63, 3.8) is 0 Å². The van der Waals surface area contributed by atoms with Gasteiger partial charge >= 0.3 is 0 Å². The van der Waals surface area contributed by atoms with Crippen molar-refractivity contribution >= 4 is 28.3 Å². The molecule has 0 aliphatic heterocycles. The van der Waals surface area contributed by atoms with Crippen LogP contribution in [0.5, 0.6) is 0 Å². The molecule has 34 heavy (non-hydrogen) atoms. The van der Waals surface area contributed by atoms with Gasteiger partial charge in [0, 0.05) is 43.6 Å². The molecule has 0 radical (unpaired) electrons. The molecule has 1 amide bonds. The number of nitrogens with zero attached hydrogens (tertiary/aromatic N) is 3. The molecule has 182 valence electrons. The molecule has 3 rings (SSSR count). The number of benzene rings is 2. The van der Waals surface area contributed by atoms with Crippen LogP contribution in [0.3, 0.4) is 0 Å². The van der Waals surface area contributed by atoms with Gasteiger partial charge in [-0.2, -0.15) is 5.10 Å². The van der Waals surface area contributed by atoms with Gasteiger partial charge in [-0.1, -0.05) is 41.9 Å². The van der Waals surface area contributed by atoms with Gasteiger partial charge in [0.1, 0.15) is 0 Å². The molecule has 0 saturated carbocycles. The number of amides is 1. The second-order valence-electron chi connectivity index (χ2n) is 8.47. The van der Waals surface area contributed by atoms with E-state index in [9.17, 15) is 9.59 Å². The van der Waals surface area contributed by atoms with E-state index in [1.54, 1.807) is 11.8 Å². The molecule has 0 aliphatic rings. The number of rotatable bonds is 13. The Morgan fingerprint density at radius 1 is 1.09 bits per heavy atom. The largest absolute Gasteiger partial charge is 0.385 e. The Labute approximate surface area is 205 Å². The first kappa shape index (κ1) is 25.9. The summed E-state index contributed by atoms with van der Waals surface area (Å²) in [5.74, 6) is 0.0119. The molecule has 3 aromatic rings. The lowest BCUT2D eigenvalue weighted by Crippen LogP contribution is -2.36. The van der Waals surface area contributed by atoms with Crippen LogP contribution in [-0.2, 0) is 22.5 Å². The van der Waals surface area contributed by atoms with Crippen LogP contribution in [0.15, 0.2) is 53.3 Å². The molecule has 1 N–H and O–H groups in total. The molecule has 0 fully saturated rings. The first-order valence-electron chi connectivity index (χ1n) is 11.7. The average Bonchev–Trinajstić information content (AvgIpc) is 2.83. The fraction of sp³-hybridized carbons (Fsp3) is 0.423. The van der Waals surface area contributed by atoms with Crippen LogP contribution in [0.1, 0.15) is 30.5 Å². The summed E-state index contributed by atoms with van der Waals surface area (Å²) in [5, 5.41) is 9.87. The number of carbonyl (C=O) groups excluding carboxylic acids is 1. The molecule has 1 heterocycles. The van der Waals surface area contributed by atoms with E-state index in [2.05, 4.69) is 5.32 Å². The molecule has 2 aromatic carbocycles. The Kier molecular flexibility index (Phi) is 10.1. The maximum absolute atomic E-state index is 13.0. The SMILES string of the molecule is COCCCNC(=O)CN(C)CCCCn1nc(Cc2ccc(Cl)cc2)c2ccccc2c1=O. The standard InChI is InChI=1S/C26H33ClN4O3/c1-30(19-25(32)28-14-7-17-34-2)15-5-6-16-31-26(33)23-9-4-3-8-22(23)24(29-31)18-20-10-12-21(27)13-11-20/h3-4,8-13H,5-7,14-19H2,1-2H3,(H,28,32). The predicted molar refractivity (Wildman–Crippen MR) is 136 cm³/mol. The summed E-state index contributed by atoms with van der Waals surface area (Å²) in [6, 6.07) is 15.3. The smallest absolute Gasteiger partial charge is 0.274 e. The lowest BCUT2D eigenvalue weighted by molar-refractivity contribution is -0.122. The Bertz CT molecular complexity index is 1130. The highest BCUT2D eigenvalue weighted by Gasteiger charge is 2.11. The number of hydrogen-bond donors (Lipinski definition) is 1. The normalized spacial score (nSPS) is 11.3. The lowest BCUT2D eigenvalue weighted by Gasteiger charge is -2.16. The lowest BCUT2D eigenvalue weighted by atomic mass is 10.0. The summed E-state index contributed by atoms with van der Waals surface area (Å²) >= 11 is 6.02. The number of carbonyl (C=O) groups is 1. The molecule has 0 unspecified atom stereocenters. The van der Waals surface area contributed by atoms with Gasteiger partial charge in [-0.25, -0.2) is 4.68 Å². The second kappa shape index (κ2) is 13.2. The Morgan fingerprint density at radius 3 is 2.56 bits per heavy atom. The van der Waals surface area contributed by atoms with Gasteiger partial charge in [0.15, 0.2) is 0 Å². The minimum Gasteiger partial charge on any atom is -0.385 e. The molecular formula is C26H33ClN4O3. The molecular weight excluding hydrogens is 452 g/mol. The van der Waals surface area contributed by atoms with E-state index in [1.807, 2.05) is 60.5 Å². The van der Waals surface area contributed by atoms with Gasteiger partial charge < -0.3 is 10.1 Å². The number of likely N-dealkylation sites (N-methyl/N-ethyl adjacent to an activating group) is 1. The van der Waals surface area contributed by atoms with Crippen LogP contribution in [-0.4, -0.2) is 61.0 Å². The molecule has 0 atom stereocenters. The number of unbranched alkanes of at least 4 members (excludes halogenated alkanes) is 1. The number of methoxy groups -OCH3 is 1. The quantitative estimate of drug-likeness (QED) is 0.376. The molecule has 0 bridgehead atoms. The van der Waals surface area contributed by atoms with Gasteiger partial charge in [-0.3, -0.25) is 14.5 Å². The molecule has 1 aromatic heterocycles. The molecule has 7 nitrogen and oxygen atoms in total. The van der Waals surface area contributed by atoms with Crippen molar-refractivity contribution in [1.82, 2.24) is 20.0 Å². The molecule has 8 heteroatoms. The van der Waals surface area contributed by atoms with Crippen LogP contribution in [0, 0.1) is 0 Å². The maximum Gasteiger partial charge on any atom is 0.274 e. The van der Waals surface area contributed by atoms with Crippen LogP contribution < -0.4 is 10.9 Å². The summed E-state index contributed by atoms with van der Waals surface area (Å²) in [5.41, 5.74) is 1.90. The van der Waals surface area contributed by atoms with E-state index in [-0.39, 0.29) is 11.5 Å². The summed E-state index contributed by atoms with van der Waals surface area (Å²) in [6.45, 7) is 2.92. The van der Waals surface area contributed by atoms with E-state index in [1.165, 1.54) is 0 Å². The van der Waals surface area contributed by atoms with Gasteiger partial charge in [0.05, 0.1) is 17.6 Å². The number of hydrogen-bond acceptors (Lipinski definition) is 5. The second-order valence-corrected chi connectivity index (χ2v) is 8.90. The number of nitrogens with one attached hydrogen (secondary N) is 1. The summed E-state index contributed by atoms with van der Waals surface area (Å²) < 4.78 is 6.56. The fourth-order valence-corrected chi connectivity index (χ4v) is 3.98. The average molecular weight is 485 g/mol. The van der Waals surface area contributed by atoms with E-state index < -0.39 is 0 Å². The van der Waals surface area contributed by atoms with Crippen molar-refractivity contribution in [2.45, 2.75) is 32.2 Å². The van der Waals surface area contributed by atoms with Crippen LogP contribution in [0.2, 0.25) is 5.02 Å². The molecule has 0 saturated heterocycles. The zero-order valence-electron chi connectivity index (χ0n) is 19.9. The zero-order valence-corrected chi connectivity index (χ0v) is 20.7. The maximum atomic E-state index is 13.0. The number of halogens is 1. The summed E-state index contributed by atoms with van der Waals surface area (Å²) in [6.07, 6.45) is 3.09. The summed E-state index contributed by atoms with van der Waals surface area (Å²) in [4.78, 5) is 27.0.